The molecule has 0 aromatic rings. The van der Waals surface area contributed by atoms with Crippen LogP contribution in [0, 0.1) is 46.3 Å². The summed E-state index contributed by atoms with van der Waals surface area (Å²) in [7, 11) is 0. The van der Waals surface area contributed by atoms with Crippen LogP contribution in [0.4, 0.5) is 0 Å². The van der Waals surface area contributed by atoms with E-state index in [1.165, 1.54) is 0 Å². The first-order valence-corrected chi connectivity index (χ1v) is 5.81. The molecule has 1 aliphatic carbocycles. The summed E-state index contributed by atoms with van der Waals surface area (Å²) in [5.74, 6) is 2.70. The van der Waals surface area contributed by atoms with Crippen LogP contribution in [0.1, 0.15) is 32.1 Å². The quantitative estimate of drug-likeness (QED) is 0.543. The number of hydrogen-bond donors (Lipinski definition) is 0. The lowest BCUT2D eigenvalue weighted by Gasteiger charge is -2.30. The molecule has 1 unspecified atom stereocenters. The van der Waals surface area contributed by atoms with E-state index < -0.39 is 5.41 Å². The molecule has 0 bridgehead atoms. The van der Waals surface area contributed by atoms with Crippen molar-refractivity contribution < 1.29 is 0 Å². The molecule has 2 nitrogen and oxygen atoms in total. The van der Waals surface area contributed by atoms with Gasteiger partial charge in [-0.1, -0.05) is 12.2 Å². The number of rotatable bonds is 4. The van der Waals surface area contributed by atoms with Gasteiger partial charge >= 0.3 is 0 Å². The molecule has 1 aliphatic rings. The van der Waals surface area contributed by atoms with E-state index in [1.807, 2.05) is 12.2 Å². The summed E-state index contributed by atoms with van der Waals surface area (Å²) in [5.41, 5.74) is -0.227. The molecule has 1 atom stereocenters. The van der Waals surface area contributed by atoms with Crippen LogP contribution in [0.3, 0.4) is 0 Å². The molecule has 17 heavy (non-hydrogen) atoms. The number of hydrogen-bond acceptors (Lipinski definition) is 2. The molecule has 0 aromatic carbocycles. The van der Waals surface area contributed by atoms with Crippen LogP contribution in [0.5, 0.6) is 0 Å². The van der Waals surface area contributed by atoms with E-state index in [1.54, 1.807) is 0 Å². The molecule has 86 valence electrons. The highest BCUT2D eigenvalue weighted by molar-refractivity contribution is 5.37. The second-order valence-corrected chi connectivity index (χ2v) is 4.32. The Bertz CT molecular complexity index is 423. The van der Waals surface area contributed by atoms with Crippen LogP contribution < -0.4 is 0 Å². The van der Waals surface area contributed by atoms with Crippen LogP contribution in [0.2, 0.25) is 0 Å². The van der Waals surface area contributed by atoms with Crippen LogP contribution in [-0.2, 0) is 0 Å². The van der Waals surface area contributed by atoms with Crippen molar-refractivity contribution in [2.75, 3.05) is 0 Å². The van der Waals surface area contributed by atoms with Crippen molar-refractivity contribution in [1.29, 1.82) is 10.5 Å². The standard InChI is InChI=1S/C15H16N2/c1-3-7-13-8-5-6-9-14(13)15(11-16,12-17)10-4-2/h2-3,9,13H,1,5-8,10H2. The normalized spacial score (nSPS) is 19.4. The number of terminal acetylenes is 1. The molecule has 1 rings (SSSR count). The van der Waals surface area contributed by atoms with Crippen LogP contribution in [-0.4, -0.2) is 0 Å². The number of allylic oxidation sites excluding steroid dienone is 3. The zero-order valence-electron chi connectivity index (χ0n) is 9.95. The van der Waals surface area contributed by atoms with E-state index in [0.717, 1.165) is 31.3 Å². The Balaban J connectivity index is 3.13. The highest BCUT2D eigenvalue weighted by Gasteiger charge is 2.38. The van der Waals surface area contributed by atoms with Gasteiger partial charge in [-0.05, 0) is 37.2 Å². The topological polar surface area (TPSA) is 47.6 Å². The molecular weight excluding hydrogens is 208 g/mol. The molecule has 2 heteroatoms. The summed E-state index contributed by atoms with van der Waals surface area (Å²) in [6, 6.07) is 4.24. The molecule has 0 fully saturated rings. The first-order chi connectivity index (χ1) is 8.24. The Hall–Kier alpha value is -1.98. The maximum absolute atomic E-state index is 9.31. The third kappa shape index (κ3) is 2.58. The van der Waals surface area contributed by atoms with Crippen molar-refractivity contribution in [3.05, 3.63) is 24.3 Å². The van der Waals surface area contributed by atoms with Crippen molar-refractivity contribution >= 4 is 0 Å². The van der Waals surface area contributed by atoms with Crippen molar-refractivity contribution in [2.24, 2.45) is 11.3 Å². The van der Waals surface area contributed by atoms with E-state index >= 15 is 0 Å². The molecule has 0 heterocycles. The van der Waals surface area contributed by atoms with Gasteiger partial charge in [-0.15, -0.1) is 18.9 Å². The highest BCUT2D eigenvalue weighted by atomic mass is 14.4. The number of nitrogens with zero attached hydrogens (tertiary/aromatic N) is 2. The minimum atomic E-state index is -1.14. The van der Waals surface area contributed by atoms with Gasteiger partial charge < -0.3 is 0 Å². The minimum absolute atomic E-state index is 0.166. The van der Waals surface area contributed by atoms with Gasteiger partial charge in [0.2, 0.25) is 0 Å². The second kappa shape index (κ2) is 5.93. The average molecular weight is 224 g/mol. The summed E-state index contributed by atoms with van der Waals surface area (Å²) in [6.45, 7) is 3.74. The molecule has 0 aromatic heterocycles. The Morgan fingerprint density at radius 2 is 2.24 bits per heavy atom. The van der Waals surface area contributed by atoms with E-state index in [4.69, 9.17) is 6.42 Å². The van der Waals surface area contributed by atoms with Crippen LogP contribution >= 0.6 is 0 Å². The van der Waals surface area contributed by atoms with Gasteiger partial charge in [0.25, 0.3) is 0 Å². The summed E-state index contributed by atoms with van der Waals surface area (Å²) < 4.78 is 0. The fourth-order valence-electron chi connectivity index (χ4n) is 2.40. The molecule has 0 amide bonds. The van der Waals surface area contributed by atoms with Crippen molar-refractivity contribution in [1.82, 2.24) is 0 Å². The number of nitriles is 2. The Labute approximate surface area is 103 Å². The van der Waals surface area contributed by atoms with Crippen molar-refractivity contribution in [3.63, 3.8) is 0 Å². The van der Waals surface area contributed by atoms with Gasteiger partial charge in [-0.3, -0.25) is 0 Å². The highest BCUT2D eigenvalue weighted by Crippen LogP contribution is 2.41. The fourth-order valence-corrected chi connectivity index (χ4v) is 2.40. The van der Waals surface area contributed by atoms with E-state index in [0.29, 0.717) is 0 Å². The Morgan fingerprint density at radius 1 is 1.53 bits per heavy atom. The van der Waals surface area contributed by atoms with Gasteiger partial charge in [0.05, 0.1) is 12.1 Å². The lowest BCUT2D eigenvalue weighted by Crippen LogP contribution is -2.26. The van der Waals surface area contributed by atoms with E-state index in [9.17, 15) is 10.5 Å². The summed E-state index contributed by atoms with van der Waals surface area (Å²) in [6.07, 6.45) is 13.2. The van der Waals surface area contributed by atoms with Crippen LogP contribution in [0.15, 0.2) is 24.3 Å². The summed E-state index contributed by atoms with van der Waals surface area (Å²) in [4.78, 5) is 0. The molecule has 0 saturated heterocycles. The monoisotopic (exact) mass is 224 g/mol. The van der Waals surface area contributed by atoms with E-state index in [2.05, 4.69) is 24.6 Å². The largest absolute Gasteiger partial charge is 0.196 e. The molecule has 0 N–H and O–H groups in total. The SMILES string of the molecule is C#CCC(C#N)(C#N)C1=CCCCC1CC=C. The third-order valence-electron chi connectivity index (χ3n) is 3.25. The van der Waals surface area contributed by atoms with Gasteiger partial charge in [-0.25, -0.2) is 0 Å². The summed E-state index contributed by atoms with van der Waals surface area (Å²) >= 11 is 0. The Kier molecular flexibility index (Phi) is 4.56. The van der Waals surface area contributed by atoms with Gasteiger partial charge in [0.15, 0.2) is 5.41 Å². The predicted octanol–water partition coefficient (Wildman–Crippen LogP) is 3.35. The maximum atomic E-state index is 9.31. The zero-order chi connectivity index (χ0) is 12.7. The molecular formula is C15H16N2. The van der Waals surface area contributed by atoms with Crippen molar-refractivity contribution in [3.8, 4) is 24.5 Å². The first kappa shape index (κ1) is 13.1. The van der Waals surface area contributed by atoms with Gasteiger partial charge in [0.1, 0.15) is 0 Å². The molecule has 0 radical (unpaired) electrons. The lowest BCUT2D eigenvalue weighted by atomic mass is 9.69. The van der Waals surface area contributed by atoms with Gasteiger partial charge in [0, 0.05) is 6.42 Å². The van der Waals surface area contributed by atoms with Crippen LogP contribution in [0.25, 0.3) is 0 Å². The Morgan fingerprint density at radius 3 is 2.76 bits per heavy atom. The average Bonchev–Trinajstić information content (AvgIpc) is 2.37. The van der Waals surface area contributed by atoms with Crippen molar-refractivity contribution in [2.45, 2.75) is 32.1 Å². The summed E-state index contributed by atoms with van der Waals surface area (Å²) in [5, 5.41) is 18.6. The molecule has 0 aliphatic heterocycles. The minimum Gasteiger partial charge on any atom is -0.196 e. The maximum Gasteiger partial charge on any atom is 0.175 e. The smallest absolute Gasteiger partial charge is 0.175 e. The first-order valence-electron chi connectivity index (χ1n) is 5.81. The van der Waals surface area contributed by atoms with E-state index in [-0.39, 0.29) is 12.3 Å². The second-order valence-electron chi connectivity index (χ2n) is 4.32. The van der Waals surface area contributed by atoms with Gasteiger partial charge in [-0.2, -0.15) is 10.5 Å². The predicted molar refractivity (Wildman–Crippen MR) is 67.3 cm³/mol. The molecule has 0 spiro atoms. The molecule has 0 saturated carbocycles. The third-order valence-corrected chi connectivity index (χ3v) is 3.25. The fraction of sp³-hybridized carbons (Fsp3) is 0.467. The lowest BCUT2D eigenvalue weighted by molar-refractivity contribution is 0.439. The zero-order valence-corrected chi connectivity index (χ0v) is 9.95.